The summed E-state index contributed by atoms with van der Waals surface area (Å²) < 4.78 is 26.9. The fourth-order valence-corrected chi connectivity index (χ4v) is 5.73. The standard InChI is InChI=1S/C20H31N3O3S/c1-3-23(4-2)27(25,26)19-11-7-9-17(15-19)20(24)22-14-8-10-18(16-22)21-12-5-6-13-21/h7,9,11,15,18H,3-6,8,10,12-14,16H2,1-2H3. The number of piperidine rings is 1. The van der Waals surface area contributed by atoms with Crippen molar-refractivity contribution in [3.8, 4) is 0 Å². The van der Waals surface area contributed by atoms with Gasteiger partial charge in [-0.3, -0.25) is 9.69 Å². The van der Waals surface area contributed by atoms with Crippen LogP contribution >= 0.6 is 0 Å². The van der Waals surface area contributed by atoms with Crippen LogP contribution in [0.5, 0.6) is 0 Å². The predicted molar refractivity (Wildman–Crippen MR) is 106 cm³/mol. The molecule has 7 heteroatoms. The van der Waals surface area contributed by atoms with Crippen molar-refractivity contribution in [1.82, 2.24) is 14.1 Å². The normalized spacial score (nSPS) is 21.7. The minimum Gasteiger partial charge on any atom is -0.337 e. The Morgan fingerprint density at radius 2 is 1.81 bits per heavy atom. The van der Waals surface area contributed by atoms with Crippen LogP contribution < -0.4 is 0 Å². The van der Waals surface area contributed by atoms with Crippen LogP contribution in [0, 0.1) is 0 Å². The third-order valence-electron chi connectivity index (χ3n) is 5.76. The second-order valence-corrected chi connectivity index (χ2v) is 9.35. The topological polar surface area (TPSA) is 60.9 Å². The van der Waals surface area contributed by atoms with Gasteiger partial charge in [-0.2, -0.15) is 4.31 Å². The maximum Gasteiger partial charge on any atom is 0.253 e. The molecular formula is C20H31N3O3S. The Hall–Kier alpha value is -1.44. The fraction of sp³-hybridized carbons (Fsp3) is 0.650. The zero-order chi connectivity index (χ0) is 19.4. The molecule has 0 spiro atoms. The van der Waals surface area contributed by atoms with Crippen LogP contribution in [0.1, 0.15) is 49.9 Å². The van der Waals surface area contributed by atoms with Gasteiger partial charge in [-0.1, -0.05) is 19.9 Å². The Kier molecular flexibility index (Phi) is 6.55. The summed E-state index contributed by atoms with van der Waals surface area (Å²) in [5.74, 6) is -0.0597. The number of hydrogen-bond donors (Lipinski definition) is 0. The SMILES string of the molecule is CCN(CC)S(=O)(=O)c1cccc(C(=O)N2CCCC(N3CCCC3)C2)c1. The molecule has 0 aliphatic carbocycles. The third-order valence-corrected chi connectivity index (χ3v) is 7.81. The molecule has 2 heterocycles. The average molecular weight is 394 g/mol. The van der Waals surface area contributed by atoms with Crippen molar-refractivity contribution in [2.75, 3.05) is 39.3 Å². The summed E-state index contributed by atoms with van der Waals surface area (Å²) in [6.07, 6.45) is 4.63. The number of likely N-dealkylation sites (tertiary alicyclic amines) is 2. The highest BCUT2D eigenvalue weighted by atomic mass is 32.2. The lowest BCUT2D eigenvalue weighted by molar-refractivity contribution is 0.0607. The summed E-state index contributed by atoms with van der Waals surface area (Å²) in [5.41, 5.74) is 0.463. The quantitative estimate of drug-likeness (QED) is 0.745. The summed E-state index contributed by atoms with van der Waals surface area (Å²) in [6.45, 7) is 8.22. The van der Waals surface area contributed by atoms with Gasteiger partial charge in [0, 0.05) is 37.8 Å². The van der Waals surface area contributed by atoms with Crippen LogP contribution in [0.4, 0.5) is 0 Å². The molecule has 2 aliphatic rings. The molecule has 1 unspecified atom stereocenters. The van der Waals surface area contributed by atoms with Crippen LogP contribution in [0.15, 0.2) is 29.2 Å². The van der Waals surface area contributed by atoms with E-state index < -0.39 is 10.0 Å². The third kappa shape index (κ3) is 4.36. The lowest BCUT2D eigenvalue weighted by Crippen LogP contribution is -2.49. The Morgan fingerprint density at radius 1 is 1.11 bits per heavy atom. The van der Waals surface area contributed by atoms with E-state index in [-0.39, 0.29) is 10.8 Å². The minimum absolute atomic E-state index is 0.0597. The lowest BCUT2D eigenvalue weighted by atomic mass is 10.0. The molecule has 1 atom stereocenters. The molecule has 2 aliphatic heterocycles. The molecule has 2 saturated heterocycles. The van der Waals surface area contributed by atoms with Crippen molar-refractivity contribution in [3.05, 3.63) is 29.8 Å². The van der Waals surface area contributed by atoms with E-state index in [0.717, 1.165) is 39.0 Å². The molecule has 0 aromatic heterocycles. The van der Waals surface area contributed by atoms with Crippen LogP contribution in [0.25, 0.3) is 0 Å². The van der Waals surface area contributed by atoms with Crippen molar-refractivity contribution < 1.29 is 13.2 Å². The average Bonchev–Trinajstić information content (AvgIpc) is 3.23. The first-order valence-electron chi connectivity index (χ1n) is 10.1. The molecule has 1 aromatic carbocycles. The zero-order valence-corrected chi connectivity index (χ0v) is 17.2. The fourth-order valence-electron chi connectivity index (χ4n) is 4.23. The zero-order valence-electron chi connectivity index (χ0n) is 16.4. The van der Waals surface area contributed by atoms with Crippen molar-refractivity contribution in [2.24, 2.45) is 0 Å². The first kappa shape index (κ1) is 20.3. The Balaban J connectivity index is 1.77. The van der Waals surface area contributed by atoms with Crippen molar-refractivity contribution >= 4 is 15.9 Å². The van der Waals surface area contributed by atoms with Crippen molar-refractivity contribution in [1.29, 1.82) is 0 Å². The predicted octanol–water partition coefficient (Wildman–Crippen LogP) is 2.42. The number of amides is 1. The van der Waals surface area contributed by atoms with Gasteiger partial charge in [0.05, 0.1) is 4.90 Å². The van der Waals surface area contributed by atoms with E-state index in [0.29, 0.717) is 24.7 Å². The van der Waals surface area contributed by atoms with Gasteiger partial charge in [0.2, 0.25) is 10.0 Å². The van der Waals surface area contributed by atoms with Gasteiger partial charge < -0.3 is 4.90 Å². The lowest BCUT2D eigenvalue weighted by Gasteiger charge is -2.37. The van der Waals surface area contributed by atoms with E-state index in [1.807, 2.05) is 18.7 Å². The van der Waals surface area contributed by atoms with Gasteiger partial charge in [-0.15, -0.1) is 0 Å². The van der Waals surface area contributed by atoms with Crippen LogP contribution in [0.3, 0.4) is 0 Å². The summed E-state index contributed by atoms with van der Waals surface area (Å²) in [7, 11) is -3.56. The minimum atomic E-state index is -3.56. The second-order valence-electron chi connectivity index (χ2n) is 7.41. The number of carbonyl (C=O) groups is 1. The van der Waals surface area contributed by atoms with Gasteiger partial charge in [0.1, 0.15) is 0 Å². The van der Waals surface area contributed by atoms with Gasteiger partial charge >= 0.3 is 0 Å². The molecule has 0 saturated carbocycles. The van der Waals surface area contributed by atoms with Crippen LogP contribution in [-0.2, 0) is 10.0 Å². The number of nitrogens with zero attached hydrogens (tertiary/aromatic N) is 3. The number of hydrogen-bond acceptors (Lipinski definition) is 4. The summed E-state index contributed by atoms with van der Waals surface area (Å²) in [4.78, 5) is 17.6. The molecule has 0 bridgehead atoms. The Labute approximate surface area is 163 Å². The van der Waals surface area contributed by atoms with E-state index in [9.17, 15) is 13.2 Å². The maximum atomic E-state index is 13.0. The summed E-state index contributed by atoms with van der Waals surface area (Å²) in [5, 5.41) is 0. The summed E-state index contributed by atoms with van der Waals surface area (Å²) in [6, 6.07) is 6.95. The van der Waals surface area contributed by atoms with Crippen molar-refractivity contribution in [2.45, 2.75) is 50.5 Å². The summed E-state index contributed by atoms with van der Waals surface area (Å²) >= 11 is 0. The first-order chi connectivity index (χ1) is 13.0. The number of rotatable bonds is 6. The molecule has 3 rings (SSSR count). The van der Waals surface area contributed by atoms with Crippen molar-refractivity contribution in [3.63, 3.8) is 0 Å². The molecule has 1 amide bonds. The largest absolute Gasteiger partial charge is 0.337 e. The Bertz CT molecular complexity index is 755. The van der Waals surface area contributed by atoms with Gasteiger partial charge in [-0.05, 0) is 57.0 Å². The number of benzene rings is 1. The first-order valence-corrected chi connectivity index (χ1v) is 11.5. The van der Waals surface area contributed by atoms with E-state index >= 15 is 0 Å². The molecule has 2 fully saturated rings. The molecular weight excluding hydrogens is 362 g/mol. The van der Waals surface area contributed by atoms with E-state index in [4.69, 9.17) is 0 Å². The van der Waals surface area contributed by atoms with Gasteiger partial charge in [0.15, 0.2) is 0 Å². The van der Waals surface area contributed by atoms with E-state index in [1.165, 1.54) is 23.2 Å². The van der Waals surface area contributed by atoms with E-state index in [2.05, 4.69) is 4.90 Å². The maximum absolute atomic E-state index is 13.0. The van der Waals surface area contributed by atoms with Gasteiger partial charge in [-0.25, -0.2) is 8.42 Å². The number of carbonyl (C=O) groups excluding carboxylic acids is 1. The highest BCUT2D eigenvalue weighted by molar-refractivity contribution is 7.89. The number of sulfonamides is 1. The highest BCUT2D eigenvalue weighted by Crippen LogP contribution is 2.23. The van der Waals surface area contributed by atoms with E-state index in [1.54, 1.807) is 18.2 Å². The molecule has 0 radical (unpaired) electrons. The molecule has 1 aromatic rings. The molecule has 27 heavy (non-hydrogen) atoms. The van der Waals surface area contributed by atoms with Crippen LogP contribution in [0.2, 0.25) is 0 Å². The van der Waals surface area contributed by atoms with Gasteiger partial charge in [0.25, 0.3) is 5.91 Å². The monoisotopic (exact) mass is 393 g/mol. The smallest absolute Gasteiger partial charge is 0.253 e. The molecule has 6 nitrogen and oxygen atoms in total. The molecule has 150 valence electrons. The second kappa shape index (κ2) is 8.71. The molecule has 0 N–H and O–H groups in total. The van der Waals surface area contributed by atoms with Crippen LogP contribution in [-0.4, -0.2) is 73.7 Å². The highest BCUT2D eigenvalue weighted by Gasteiger charge is 2.30. The Morgan fingerprint density at radius 3 is 2.48 bits per heavy atom.